The molecule has 0 amide bonds. The fourth-order valence-electron chi connectivity index (χ4n) is 1.73. The molecule has 4 heteroatoms. The average Bonchev–Trinajstić information content (AvgIpc) is 2.50. The number of carboxylic acid groups (broad SMARTS) is 1. The molecule has 1 heterocycles. The van der Waals surface area contributed by atoms with E-state index in [1.54, 1.807) is 30.7 Å². The van der Waals surface area contributed by atoms with Crippen LogP contribution in [0.1, 0.15) is 15.9 Å². The van der Waals surface area contributed by atoms with E-state index in [0.29, 0.717) is 10.9 Å². The van der Waals surface area contributed by atoms with Crippen molar-refractivity contribution >= 4 is 16.9 Å². The maximum atomic E-state index is 11.0. The lowest BCUT2D eigenvalue weighted by Crippen LogP contribution is -1.94. The first-order valence-electron chi connectivity index (χ1n) is 4.53. The molecule has 0 fully saturated rings. The second-order valence-electron chi connectivity index (χ2n) is 3.58. The number of aromatic nitrogens is 1. The molecule has 78 valence electrons. The van der Waals surface area contributed by atoms with Gasteiger partial charge in [-0.15, -0.1) is 0 Å². The Balaban J connectivity index is 2.95. The first-order chi connectivity index (χ1) is 7.02. The van der Waals surface area contributed by atoms with Crippen LogP contribution in [0.15, 0.2) is 18.3 Å². The van der Waals surface area contributed by atoms with Gasteiger partial charge in [-0.2, -0.15) is 0 Å². The molecule has 15 heavy (non-hydrogen) atoms. The van der Waals surface area contributed by atoms with Crippen molar-refractivity contribution in [2.45, 2.75) is 6.92 Å². The number of carbonyl (C=O) groups is 1. The maximum absolute atomic E-state index is 11.0. The third kappa shape index (κ3) is 1.26. The van der Waals surface area contributed by atoms with Crippen LogP contribution in [0.4, 0.5) is 0 Å². The van der Waals surface area contributed by atoms with Crippen molar-refractivity contribution in [1.82, 2.24) is 4.57 Å². The third-order valence-electron chi connectivity index (χ3n) is 2.56. The number of fused-ring (bicyclic) bond motifs is 1. The summed E-state index contributed by atoms with van der Waals surface area (Å²) in [6, 6.07) is 3.57. The van der Waals surface area contributed by atoms with Crippen LogP contribution in [0.3, 0.4) is 0 Å². The molecule has 0 aliphatic heterocycles. The molecule has 0 saturated heterocycles. The monoisotopic (exact) mass is 205 g/mol. The van der Waals surface area contributed by atoms with Gasteiger partial charge in [0.05, 0.1) is 16.5 Å². The SMILES string of the molecule is Cc1ccc2c(c(C(=O)O)cn2C)c1O. The number of hydrogen-bond acceptors (Lipinski definition) is 2. The highest BCUT2D eigenvalue weighted by atomic mass is 16.4. The van der Waals surface area contributed by atoms with Gasteiger partial charge >= 0.3 is 5.97 Å². The average molecular weight is 205 g/mol. The van der Waals surface area contributed by atoms with E-state index >= 15 is 0 Å². The lowest BCUT2D eigenvalue weighted by Gasteiger charge is -2.02. The van der Waals surface area contributed by atoms with Crippen molar-refractivity contribution in [3.05, 3.63) is 29.5 Å². The van der Waals surface area contributed by atoms with Gasteiger partial charge in [0.1, 0.15) is 5.75 Å². The zero-order valence-corrected chi connectivity index (χ0v) is 8.48. The molecule has 0 atom stereocenters. The minimum absolute atomic E-state index is 0.0468. The van der Waals surface area contributed by atoms with E-state index in [-0.39, 0.29) is 11.3 Å². The summed E-state index contributed by atoms with van der Waals surface area (Å²) in [6.07, 6.45) is 1.51. The molecular weight excluding hydrogens is 194 g/mol. The van der Waals surface area contributed by atoms with Gasteiger partial charge in [-0.05, 0) is 18.6 Å². The number of nitrogens with zero attached hydrogens (tertiary/aromatic N) is 1. The summed E-state index contributed by atoms with van der Waals surface area (Å²) in [7, 11) is 1.75. The summed E-state index contributed by atoms with van der Waals surface area (Å²) >= 11 is 0. The molecule has 0 aliphatic carbocycles. The number of aromatic hydroxyl groups is 1. The molecule has 0 saturated carbocycles. The third-order valence-corrected chi connectivity index (χ3v) is 2.56. The summed E-state index contributed by atoms with van der Waals surface area (Å²) in [4.78, 5) is 11.0. The molecule has 2 N–H and O–H groups in total. The minimum Gasteiger partial charge on any atom is -0.507 e. The lowest BCUT2D eigenvalue weighted by molar-refractivity contribution is 0.0698. The highest BCUT2D eigenvalue weighted by molar-refractivity contribution is 6.06. The number of aryl methyl sites for hydroxylation is 2. The van der Waals surface area contributed by atoms with E-state index in [4.69, 9.17) is 5.11 Å². The summed E-state index contributed by atoms with van der Waals surface area (Å²) < 4.78 is 1.69. The van der Waals surface area contributed by atoms with Crippen molar-refractivity contribution in [3.63, 3.8) is 0 Å². The summed E-state index contributed by atoms with van der Waals surface area (Å²) in [6.45, 7) is 1.74. The van der Waals surface area contributed by atoms with Crippen LogP contribution in [0.2, 0.25) is 0 Å². The Labute approximate surface area is 86.4 Å². The number of phenolic OH excluding ortho intramolecular Hbond substituents is 1. The van der Waals surface area contributed by atoms with Crippen LogP contribution < -0.4 is 0 Å². The molecule has 0 bridgehead atoms. The van der Waals surface area contributed by atoms with Gasteiger partial charge in [0, 0.05) is 13.2 Å². The van der Waals surface area contributed by atoms with Gasteiger partial charge in [-0.25, -0.2) is 4.79 Å². The standard InChI is InChI=1S/C11H11NO3/c1-6-3-4-8-9(10(6)13)7(11(14)15)5-12(8)2/h3-5,13H,1-2H3,(H,14,15). The van der Waals surface area contributed by atoms with Crippen LogP contribution in [0.5, 0.6) is 5.75 Å². The van der Waals surface area contributed by atoms with Gasteiger partial charge < -0.3 is 14.8 Å². The van der Waals surface area contributed by atoms with Crippen molar-refractivity contribution in [1.29, 1.82) is 0 Å². The highest BCUT2D eigenvalue weighted by Gasteiger charge is 2.16. The predicted octanol–water partition coefficient (Wildman–Crippen LogP) is 1.89. The van der Waals surface area contributed by atoms with Crippen LogP contribution in [-0.4, -0.2) is 20.7 Å². The molecule has 1 aromatic carbocycles. The number of hydrogen-bond donors (Lipinski definition) is 2. The van der Waals surface area contributed by atoms with Gasteiger partial charge in [0.15, 0.2) is 0 Å². The largest absolute Gasteiger partial charge is 0.507 e. The zero-order valence-electron chi connectivity index (χ0n) is 8.48. The molecular formula is C11H11NO3. The Bertz CT molecular complexity index is 554. The molecule has 0 aliphatic rings. The molecule has 2 rings (SSSR count). The first-order valence-corrected chi connectivity index (χ1v) is 4.53. The Kier molecular flexibility index (Phi) is 1.93. The Morgan fingerprint density at radius 2 is 2.07 bits per heavy atom. The number of rotatable bonds is 1. The van der Waals surface area contributed by atoms with E-state index in [2.05, 4.69) is 0 Å². The van der Waals surface area contributed by atoms with Crippen LogP contribution in [-0.2, 0) is 7.05 Å². The zero-order chi connectivity index (χ0) is 11.2. The Hall–Kier alpha value is -1.97. The number of phenols is 1. The predicted molar refractivity (Wildman–Crippen MR) is 56.3 cm³/mol. The number of benzene rings is 1. The van der Waals surface area contributed by atoms with Crippen LogP contribution in [0, 0.1) is 6.92 Å². The molecule has 0 unspecified atom stereocenters. The van der Waals surface area contributed by atoms with Crippen molar-refractivity contribution in [2.24, 2.45) is 7.05 Å². The van der Waals surface area contributed by atoms with E-state index < -0.39 is 5.97 Å². The maximum Gasteiger partial charge on any atom is 0.338 e. The molecule has 1 aromatic heterocycles. The topological polar surface area (TPSA) is 62.5 Å². The van der Waals surface area contributed by atoms with Crippen LogP contribution in [0.25, 0.3) is 10.9 Å². The summed E-state index contributed by atoms with van der Waals surface area (Å²) in [5.41, 5.74) is 1.53. The van der Waals surface area contributed by atoms with Gasteiger partial charge in [-0.1, -0.05) is 6.07 Å². The van der Waals surface area contributed by atoms with Gasteiger partial charge in [-0.3, -0.25) is 0 Å². The Morgan fingerprint density at radius 3 is 2.67 bits per heavy atom. The van der Waals surface area contributed by atoms with Crippen molar-refractivity contribution in [3.8, 4) is 5.75 Å². The van der Waals surface area contributed by atoms with E-state index in [0.717, 1.165) is 5.52 Å². The number of aromatic carboxylic acids is 1. The quantitative estimate of drug-likeness (QED) is 0.747. The van der Waals surface area contributed by atoms with E-state index in [9.17, 15) is 9.90 Å². The van der Waals surface area contributed by atoms with E-state index in [1.807, 2.05) is 0 Å². The fourth-order valence-corrected chi connectivity index (χ4v) is 1.73. The second kappa shape index (κ2) is 3.02. The van der Waals surface area contributed by atoms with Crippen molar-refractivity contribution < 1.29 is 15.0 Å². The summed E-state index contributed by atoms with van der Waals surface area (Å²) in [5, 5.41) is 19.2. The minimum atomic E-state index is -1.03. The number of carboxylic acids is 1. The van der Waals surface area contributed by atoms with Gasteiger partial charge in [0.2, 0.25) is 0 Å². The molecule has 0 spiro atoms. The van der Waals surface area contributed by atoms with Crippen LogP contribution >= 0.6 is 0 Å². The Morgan fingerprint density at radius 1 is 1.40 bits per heavy atom. The molecule has 2 aromatic rings. The summed E-state index contributed by atoms with van der Waals surface area (Å²) in [5.74, 6) is -0.980. The fraction of sp³-hybridized carbons (Fsp3) is 0.182. The molecule has 4 nitrogen and oxygen atoms in total. The highest BCUT2D eigenvalue weighted by Crippen LogP contribution is 2.32. The smallest absolute Gasteiger partial charge is 0.338 e. The van der Waals surface area contributed by atoms with Gasteiger partial charge in [0.25, 0.3) is 0 Å². The van der Waals surface area contributed by atoms with Crippen molar-refractivity contribution in [2.75, 3.05) is 0 Å². The molecule has 0 radical (unpaired) electrons. The normalized spacial score (nSPS) is 10.8. The first kappa shape index (κ1) is 9.58. The second-order valence-corrected chi connectivity index (χ2v) is 3.58. The lowest BCUT2D eigenvalue weighted by atomic mass is 10.1. The van der Waals surface area contributed by atoms with E-state index in [1.165, 1.54) is 6.20 Å².